The largest absolute Gasteiger partial charge is 0.381 e. The Hall–Kier alpha value is -1.09. The van der Waals surface area contributed by atoms with Gasteiger partial charge in [-0.25, -0.2) is 4.79 Å². The van der Waals surface area contributed by atoms with Gasteiger partial charge >= 0.3 is 5.97 Å². The average molecular weight is 915 g/mol. The number of hydrogen-bond acceptors (Lipinski definition) is 16. The van der Waals surface area contributed by atoms with Crippen LogP contribution >= 0.6 is 0 Å². The molecule has 64 heavy (non-hydrogen) atoms. The van der Waals surface area contributed by atoms with Crippen LogP contribution in [0.3, 0.4) is 0 Å². The van der Waals surface area contributed by atoms with Gasteiger partial charge in [-0.2, -0.15) is 5.26 Å². The Labute approximate surface area is 381 Å². The Balaban J connectivity index is 1.12. The zero-order valence-corrected chi connectivity index (χ0v) is 41.0. The first-order valence-electron chi connectivity index (χ1n) is 24.3. The summed E-state index contributed by atoms with van der Waals surface area (Å²) in [5.74, 6) is -4.40. The minimum atomic E-state index is -1.18. The van der Waals surface area contributed by atoms with Gasteiger partial charge in [-0.15, -0.1) is 0 Å². The zero-order valence-electron chi connectivity index (χ0n) is 41.0. The van der Waals surface area contributed by atoms with Crippen molar-refractivity contribution >= 4 is 5.97 Å². The molecule has 0 amide bonds. The molecule has 7 rings (SSSR count). The fourth-order valence-corrected chi connectivity index (χ4v) is 13.4. The lowest BCUT2D eigenvalue weighted by molar-refractivity contribution is -0.363. The van der Waals surface area contributed by atoms with Gasteiger partial charge < -0.3 is 66.8 Å². The molecular formula is C48H82O16. The number of carbonyl (C=O) groups is 1. The van der Waals surface area contributed by atoms with E-state index in [4.69, 9.17) is 56.8 Å². The van der Waals surface area contributed by atoms with Crippen LogP contribution in [0.5, 0.6) is 0 Å². The lowest BCUT2D eigenvalue weighted by atomic mass is 9.73. The smallest absolute Gasteiger partial charge is 0.347 e. The molecule has 16 nitrogen and oxygen atoms in total. The van der Waals surface area contributed by atoms with Crippen molar-refractivity contribution in [3.8, 4) is 0 Å². The van der Waals surface area contributed by atoms with E-state index in [1.807, 2.05) is 27.7 Å². The molecule has 7 aliphatic rings. The van der Waals surface area contributed by atoms with Gasteiger partial charge in [0, 0.05) is 71.4 Å². The molecule has 0 radical (unpaired) electrons. The van der Waals surface area contributed by atoms with Crippen molar-refractivity contribution in [1.82, 2.24) is 0 Å². The molecule has 16 heteroatoms. The molecule has 7 heterocycles. The van der Waals surface area contributed by atoms with Crippen LogP contribution in [-0.2, 0) is 66.5 Å². The van der Waals surface area contributed by atoms with Crippen LogP contribution in [0.4, 0.5) is 0 Å². The molecule has 0 bridgehead atoms. The maximum absolute atomic E-state index is 12.8. The summed E-state index contributed by atoms with van der Waals surface area (Å²) in [4.78, 5) is 17.1. The molecule has 2 unspecified atom stereocenters. The third-order valence-corrected chi connectivity index (χ3v) is 17.2. The molecule has 0 saturated carbocycles. The van der Waals surface area contributed by atoms with E-state index in [1.54, 1.807) is 42.3 Å². The Morgan fingerprint density at radius 1 is 0.734 bits per heavy atom. The van der Waals surface area contributed by atoms with E-state index < -0.39 is 65.4 Å². The van der Waals surface area contributed by atoms with Crippen LogP contribution in [-0.4, -0.2) is 153 Å². The molecule has 0 aromatic carbocycles. The predicted molar refractivity (Wildman–Crippen MR) is 231 cm³/mol. The summed E-state index contributed by atoms with van der Waals surface area (Å²) in [5.41, 5.74) is -1.96. The first kappa shape index (κ1) is 50.8. The number of methoxy groups -OCH3 is 4. The van der Waals surface area contributed by atoms with Crippen LogP contribution < -0.4 is 0 Å². The van der Waals surface area contributed by atoms with Gasteiger partial charge in [0.25, 0.3) is 0 Å². The maximum atomic E-state index is 12.8. The molecule has 2 N–H and O–H groups in total. The summed E-state index contributed by atoms with van der Waals surface area (Å²) in [6.07, 6.45) is 1.74. The highest BCUT2D eigenvalue weighted by molar-refractivity contribution is 5.72. The molecule has 7 saturated heterocycles. The van der Waals surface area contributed by atoms with Gasteiger partial charge in [0.05, 0.1) is 85.3 Å². The second-order valence-corrected chi connectivity index (χ2v) is 21.2. The van der Waals surface area contributed by atoms with E-state index in [0.717, 1.165) is 38.5 Å². The molecular weight excluding hydrogens is 833 g/mol. The van der Waals surface area contributed by atoms with Crippen LogP contribution in [0.1, 0.15) is 127 Å². The third kappa shape index (κ3) is 9.11. The van der Waals surface area contributed by atoms with Gasteiger partial charge in [-0.3, -0.25) is 0 Å². The maximum Gasteiger partial charge on any atom is 0.347 e. The topological polar surface area (TPSA) is 178 Å². The standard InChI is InChI=1S/C48H82O16/c1-24-21-25(2)47(10,50)62-40(24)35-16-15-33(57-35)34-17-19-37(58-34)46(9)43(55-14)29(6)48(64-46)28(5)36(53-12)22-31(60-48)23-38-45(8,61-39-20-18-32(52-11)30(7)56-39)42(54-13)26(3)41(59-38)27(4)44(49)63-51/h24-43,50-51H,15-23H2,1-14H3/t24-,25+,26-,27+,28+,29+,30+,31-,32-,33+,34-,35+,36+,37?,38-,39-,40?,41-,42-,43+,45-,46+,47-,48-/m0/s1. The van der Waals surface area contributed by atoms with E-state index in [0.29, 0.717) is 19.3 Å². The van der Waals surface area contributed by atoms with Gasteiger partial charge in [0.15, 0.2) is 17.9 Å². The van der Waals surface area contributed by atoms with Gasteiger partial charge in [0.1, 0.15) is 11.2 Å². The Morgan fingerprint density at radius 3 is 2.03 bits per heavy atom. The molecule has 7 aliphatic heterocycles. The van der Waals surface area contributed by atoms with Crippen molar-refractivity contribution in [2.45, 2.75) is 235 Å². The molecule has 0 aliphatic carbocycles. The number of ether oxygens (including phenoxy) is 12. The van der Waals surface area contributed by atoms with E-state index >= 15 is 0 Å². The van der Waals surface area contributed by atoms with Crippen molar-refractivity contribution < 1.29 is 76.9 Å². The number of aliphatic hydroxyl groups is 1. The quantitative estimate of drug-likeness (QED) is 0.158. The van der Waals surface area contributed by atoms with E-state index in [-0.39, 0.29) is 84.5 Å². The molecule has 7 fully saturated rings. The molecule has 24 atom stereocenters. The molecule has 370 valence electrons. The van der Waals surface area contributed by atoms with Gasteiger partial charge in [-0.05, 0) is 79.1 Å². The zero-order chi connectivity index (χ0) is 46.7. The van der Waals surface area contributed by atoms with Crippen molar-refractivity contribution in [3.05, 3.63) is 0 Å². The van der Waals surface area contributed by atoms with Crippen molar-refractivity contribution in [3.63, 3.8) is 0 Å². The number of carbonyl (C=O) groups excluding carboxylic acids is 1. The summed E-state index contributed by atoms with van der Waals surface area (Å²) < 4.78 is 79.8. The third-order valence-electron chi connectivity index (χ3n) is 17.2. The Kier molecular flexibility index (Phi) is 15.6. The van der Waals surface area contributed by atoms with Gasteiger partial charge in [0.2, 0.25) is 0 Å². The molecule has 1 spiro atoms. The highest BCUT2D eigenvalue weighted by atomic mass is 17.1. The normalized spacial score (nSPS) is 52.8. The van der Waals surface area contributed by atoms with E-state index in [1.165, 1.54) is 0 Å². The first-order valence-corrected chi connectivity index (χ1v) is 24.3. The van der Waals surface area contributed by atoms with E-state index in [9.17, 15) is 15.2 Å². The molecule has 0 aromatic heterocycles. The SMILES string of the molecule is CO[C@H]1CC[C@H](O[C@@]2(C)[C@H](C[C@@H]3C[C@@H](OC)[C@@H](C)[C@]4(O3)O[C@](C)(C3CC[C@@H]([C@H]5CC[C@H](C6O[C@](C)(O)[C@H](C)C[C@@H]6C)O5)O3)[C@H](OC)[C@H]4C)O[C@H]([C@@H](C)C(=O)OO)[C@H](C)[C@@H]2OC)O[C@@H]1C. The average Bonchev–Trinajstić information content (AvgIpc) is 4.00. The Morgan fingerprint density at radius 2 is 1.39 bits per heavy atom. The highest BCUT2D eigenvalue weighted by Crippen LogP contribution is 2.57. The first-order chi connectivity index (χ1) is 30.2. The minimum absolute atomic E-state index is 0.0462. The second-order valence-electron chi connectivity index (χ2n) is 21.2. The fraction of sp³-hybridized carbons (Fsp3) is 0.979. The second kappa shape index (κ2) is 19.7. The molecule has 0 aromatic rings. The lowest BCUT2D eigenvalue weighted by Crippen LogP contribution is -2.67. The summed E-state index contributed by atoms with van der Waals surface area (Å²) in [7, 11) is 6.79. The number of rotatable bonds is 13. The summed E-state index contributed by atoms with van der Waals surface area (Å²) in [6.45, 7) is 19.9. The fourth-order valence-electron chi connectivity index (χ4n) is 13.4. The predicted octanol–water partition coefficient (Wildman–Crippen LogP) is 6.20. The minimum Gasteiger partial charge on any atom is -0.381 e. The number of hydrogen-bond donors (Lipinski definition) is 2. The van der Waals surface area contributed by atoms with Crippen LogP contribution in [0.15, 0.2) is 0 Å². The van der Waals surface area contributed by atoms with E-state index in [2.05, 4.69) is 32.6 Å². The van der Waals surface area contributed by atoms with Crippen molar-refractivity contribution in [1.29, 1.82) is 0 Å². The van der Waals surface area contributed by atoms with Crippen LogP contribution in [0.25, 0.3) is 0 Å². The monoisotopic (exact) mass is 915 g/mol. The lowest BCUT2D eigenvalue weighted by Gasteiger charge is -2.55. The van der Waals surface area contributed by atoms with Crippen LogP contribution in [0, 0.1) is 35.5 Å². The highest BCUT2D eigenvalue weighted by Gasteiger charge is 2.69. The Bertz CT molecular complexity index is 1570. The van der Waals surface area contributed by atoms with Gasteiger partial charge in [-0.1, -0.05) is 34.6 Å². The summed E-state index contributed by atoms with van der Waals surface area (Å²) >= 11 is 0. The summed E-state index contributed by atoms with van der Waals surface area (Å²) in [5, 5.41) is 20.4. The summed E-state index contributed by atoms with van der Waals surface area (Å²) in [6, 6.07) is 0. The van der Waals surface area contributed by atoms with Crippen LogP contribution in [0.2, 0.25) is 0 Å². The van der Waals surface area contributed by atoms with Crippen molar-refractivity contribution in [2.24, 2.45) is 35.5 Å². The van der Waals surface area contributed by atoms with Crippen molar-refractivity contribution in [2.75, 3.05) is 28.4 Å².